The number of aliphatic carboxylic acids is 1. The highest BCUT2D eigenvalue weighted by molar-refractivity contribution is 6.38. The number of ketones is 1. The fraction of sp³-hybridized carbons (Fsp3) is 0.167. The number of hydrogen-bond donors (Lipinski definition) is 2. The molecule has 0 aliphatic rings. The van der Waals surface area contributed by atoms with Gasteiger partial charge < -0.3 is 10.2 Å². The molecule has 0 aliphatic heterocycles. The second-order valence-electron chi connectivity index (χ2n) is 3.52. The van der Waals surface area contributed by atoms with Crippen molar-refractivity contribution in [1.29, 1.82) is 0 Å². The maximum atomic E-state index is 10.9. The molecular formula is C12H12O4. The molecule has 84 valence electrons. The Labute approximate surface area is 92.8 Å². The van der Waals surface area contributed by atoms with Gasteiger partial charge in [-0.25, -0.2) is 4.79 Å². The number of carboxylic acid groups (broad SMARTS) is 1. The molecule has 1 aromatic rings. The van der Waals surface area contributed by atoms with E-state index in [1.807, 2.05) is 13.0 Å². The fourth-order valence-electron chi connectivity index (χ4n) is 1.36. The van der Waals surface area contributed by atoms with E-state index in [0.717, 1.165) is 11.1 Å². The van der Waals surface area contributed by atoms with Gasteiger partial charge in [0.1, 0.15) is 5.76 Å². The van der Waals surface area contributed by atoms with Gasteiger partial charge in [-0.05, 0) is 19.4 Å². The van der Waals surface area contributed by atoms with Crippen LogP contribution in [0.4, 0.5) is 0 Å². The van der Waals surface area contributed by atoms with Gasteiger partial charge in [0.25, 0.3) is 5.78 Å². The summed E-state index contributed by atoms with van der Waals surface area (Å²) in [5, 5.41) is 18.0. The highest BCUT2D eigenvalue weighted by Gasteiger charge is 2.11. The van der Waals surface area contributed by atoms with Crippen molar-refractivity contribution < 1.29 is 19.8 Å². The van der Waals surface area contributed by atoms with Crippen LogP contribution in [0, 0.1) is 13.8 Å². The summed E-state index contributed by atoms with van der Waals surface area (Å²) in [5.74, 6) is -3.06. The highest BCUT2D eigenvalue weighted by atomic mass is 16.4. The van der Waals surface area contributed by atoms with Gasteiger partial charge >= 0.3 is 5.97 Å². The van der Waals surface area contributed by atoms with Crippen molar-refractivity contribution in [3.05, 3.63) is 41.0 Å². The Morgan fingerprint density at radius 1 is 1.19 bits per heavy atom. The van der Waals surface area contributed by atoms with Gasteiger partial charge in [-0.15, -0.1) is 0 Å². The lowest BCUT2D eigenvalue weighted by atomic mass is 10.0. The molecule has 0 atom stereocenters. The molecule has 4 heteroatoms. The average molecular weight is 220 g/mol. The van der Waals surface area contributed by atoms with Crippen molar-refractivity contribution in [2.24, 2.45) is 0 Å². The molecule has 4 nitrogen and oxygen atoms in total. The van der Waals surface area contributed by atoms with Crippen LogP contribution in [0.1, 0.15) is 16.7 Å². The van der Waals surface area contributed by atoms with E-state index in [1.54, 1.807) is 19.1 Å². The molecule has 0 saturated heterocycles. The third-order valence-electron chi connectivity index (χ3n) is 2.14. The molecule has 0 aliphatic carbocycles. The van der Waals surface area contributed by atoms with Crippen molar-refractivity contribution in [1.82, 2.24) is 0 Å². The third-order valence-corrected chi connectivity index (χ3v) is 2.14. The molecule has 1 aromatic carbocycles. The van der Waals surface area contributed by atoms with Gasteiger partial charge in [0.2, 0.25) is 0 Å². The zero-order valence-corrected chi connectivity index (χ0v) is 9.02. The number of hydrogen-bond acceptors (Lipinski definition) is 3. The predicted molar refractivity (Wildman–Crippen MR) is 59.2 cm³/mol. The number of aliphatic hydroxyl groups is 1. The molecule has 0 aromatic heterocycles. The molecule has 0 heterocycles. The number of carbonyl (C=O) groups excluding carboxylic acids is 1. The lowest BCUT2D eigenvalue weighted by molar-refractivity contribution is -0.146. The van der Waals surface area contributed by atoms with Gasteiger partial charge in [0.05, 0.1) is 0 Å². The van der Waals surface area contributed by atoms with E-state index < -0.39 is 11.8 Å². The third kappa shape index (κ3) is 2.70. The maximum absolute atomic E-state index is 10.9. The minimum atomic E-state index is -1.59. The molecule has 0 bridgehead atoms. The van der Waals surface area contributed by atoms with Gasteiger partial charge in [-0.1, -0.05) is 23.8 Å². The van der Waals surface area contributed by atoms with E-state index in [0.29, 0.717) is 11.6 Å². The molecule has 0 saturated carbocycles. The molecule has 1 rings (SSSR count). The van der Waals surface area contributed by atoms with Crippen molar-refractivity contribution in [3.8, 4) is 0 Å². The van der Waals surface area contributed by atoms with Gasteiger partial charge in [0.15, 0.2) is 0 Å². The van der Waals surface area contributed by atoms with E-state index in [9.17, 15) is 14.7 Å². The minimum Gasteiger partial charge on any atom is -0.507 e. The second kappa shape index (κ2) is 4.61. The van der Waals surface area contributed by atoms with E-state index in [2.05, 4.69) is 0 Å². The molecule has 2 N–H and O–H groups in total. The normalized spacial score (nSPS) is 11.2. The first-order valence-electron chi connectivity index (χ1n) is 4.67. The minimum absolute atomic E-state index is 0.329. The fourth-order valence-corrected chi connectivity index (χ4v) is 1.36. The molecule has 0 fully saturated rings. The SMILES string of the molecule is Cc1ccc(/C(O)=C/C(=O)C(=O)O)c(C)c1. The van der Waals surface area contributed by atoms with Gasteiger partial charge in [0, 0.05) is 11.6 Å². The van der Waals surface area contributed by atoms with Gasteiger partial charge in [-0.3, -0.25) is 4.79 Å². The summed E-state index contributed by atoms with van der Waals surface area (Å²) < 4.78 is 0. The van der Waals surface area contributed by atoms with E-state index in [1.165, 1.54) is 0 Å². The lowest BCUT2D eigenvalue weighted by Crippen LogP contribution is -2.09. The number of aliphatic hydroxyl groups excluding tert-OH is 1. The molecule has 0 amide bonds. The summed E-state index contributed by atoms with van der Waals surface area (Å²) in [4.78, 5) is 21.2. The first-order chi connectivity index (χ1) is 7.41. The Morgan fingerprint density at radius 3 is 2.31 bits per heavy atom. The Kier molecular flexibility index (Phi) is 3.45. The number of aryl methyl sites for hydroxylation is 2. The maximum Gasteiger partial charge on any atom is 0.376 e. The summed E-state index contributed by atoms with van der Waals surface area (Å²) in [6.45, 7) is 3.68. The van der Waals surface area contributed by atoms with Crippen LogP contribution >= 0.6 is 0 Å². The van der Waals surface area contributed by atoms with Crippen LogP contribution in [0.2, 0.25) is 0 Å². The van der Waals surface area contributed by atoms with Crippen LogP contribution in [0.5, 0.6) is 0 Å². The number of rotatable bonds is 3. The highest BCUT2D eigenvalue weighted by Crippen LogP contribution is 2.17. The summed E-state index contributed by atoms with van der Waals surface area (Å²) in [7, 11) is 0. The molecule has 0 radical (unpaired) electrons. The first-order valence-corrected chi connectivity index (χ1v) is 4.67. The molecular weight excluding hydrogens is 208 g/mol. The van der Waals surface area contributed by atoms with E-state index in [-0.39, 0.29) is 5.76 Å². The first kappa shape index (κ1) is 12.0. The lowest BCUT2D eigenvalue weighted by Gasteiger charge is -2.05. The Bertz CT molecular complexity index is 472. The quantitative estimate of drug-likeness (QED) is 0.463. The van der Waals surface area contributed by atoms with Crippen LogP contribution in [-0.4, -0.2) is 22.0 Å². The predicted octanol–water partition coefficient (Wildman–Crippen LogP) is 1.86. The Balaban J connectivity index is 3.10. The Hall–Kier alpha value is -2.10. The molecule has 0 spiro atoms. The van der Waals surface area contributed by atoms with Crippen LogP contribution in [-0.2, 0) is 9.59 Å². The summed E-state index contributed by atoms with van der Waals surface area (Å²) >= 11 is 0. The summed E-state index contributed by atoms with van der Waals surface area (Å²) in [6.07, 6.45) is 0.708. The van der Waals surface area contributed by atoms with Crippen LogP contribution < -0.4 is 0 Å². The molecule has 16 heavy (non-hydrogen) atoms. The zero-order valence-electron chi connectivity index (χ0n) is 9.02. The topological polar surface area (TPSA) is 74.6 Å². The second-order valence-corrected chi connectivity index (χ2v) is 3.52. The van der Waals surface area contributed by atoms with E-state index in [4.69, 9.17) is 5.11 Å². The van der Waals surface area contributed by atoms with Crippen LogP contribution in [0.25, 0.3) is 5.76 Å². The monoisotopic (exact) mass is 220 g/mol. The van der Waals surface area contributed by atoms with Crippen molar-refractivity contribution in [3.63, 3.8) is 0 Å². The van der Waals surface area contributed by atoms with Crippen LogP contribution in [0.3, 0.4) is 0 Å². The van der Waals surface area contributed by atoms with Crippen molar-refractivity contribution >= 4 is 17.5 Å². The Morgan fingerprint density at radius 2 is 1.81 bits per heavy atom. The number of carbonyl (C=O) groups is 2. The number of carboxylic acids is 1. The van der Waals surface area contributed by atoms with E-state index >= 15 is 0 Å². The van der Waals surface area contributed by atoms with Crippen LogP contribution in [0.15, 0.2) is 24.3 Å². The van der Waals surface area contributed by atoms with Crippen molar-refractivity contribution in [2.75, 3.05) is 0 Å². The standard InChI is InChI=1S/C12H12O4/c1-7-3-4-9(8(2)5-7)10(13)6-11(14)12(15)16/h3-6,13H,1-2H3,(H,15,16)/b10-6-. The smallest absolute Gasteiger partial charge is 0.376 e. The summed E-state index contributed by atoms with van der Waals surface area (Å²) in [6, 6.07) is 5.26. The largest absolute Gasteiger partial charge is 0.507 e. The van der Waals surface area contributed by atoms with Crippen molar-refractivity contribution in [2.45, 2.75) is 13.8 Å². The average Bonchev–Trinajstić information content (AvgIpc) is 2.16. The zero-order chi connectivity index (χ0) is 12.3. The van der Waals surface area contributed by atoms with Gasteiger partial charge in [-0.2, -0.15) is 0 Å². The number of benzene rings is 1. The summed E-state index contributed by atoms with van der Waals surface area (Å²) in [5.41, 5.74) is 2.27. The molecule has 0 unspecified atom stereocenters.